The first-order chi connectivity index (χ1) is 6.76. The fourth-order valence-electron chi connectivity index (χ4n) is 1.85. The molecule has 88 valence electrons. The Bertz CT molecular complexity index is 247. The lowest BCUT2D eigenvalue weighted by Gasteiger charge is -2.38. The van der Waals surface area contributed by atoms with Gasteiger partial charge in [-0.1, -0.05) is 12.8 Å². The fourth-order valence-corrected chi connectivity index (χ4v) is 1.85. The van der Waals surface area contributed by atoms with Gasteiger partial charge in [0.15, 0.2) is 0 Å². The average Bonchev–Trinajstić information content (AvgIpc) is 2.07. The minimum Gasteiger partial charge on any atom is -0.459 e. The molecule has 2 atom stereocenters. The van der Waals surface area contributed by atoms with Crippen molar-refractivity contribution in [2.45, 2.75) is 63.6 Å². The molecule has 0 aromatic carbocycles. The molecule has 4 N–H and O–H groups in total. The molecule has 0 saturated heterocycles. The van der Waals surface area contributed by atoms with Crippen molar-refractivity contribution in [3.05, 3.63) is 0 Å². The first-order valence-electron chi connectivity index (χ1n) is 5.53. The molecular formula is C11H22N2O2. The summed E-state index contributed by atoms with van der Waals surface area (Å²) in [4.78, 5) is 11.9. The Labute approximate surface area is 91.3 Å². The molecule has 1 aliphatic carbocycles. The monoisotopic (exact) mass is 214 g/mol. The van der Waals surface area contributed by atoms with E-state index >= 15 is 0 Å². The lowest BCUT2D eigenvalue weighted by atomic mass is 9.78. The van der Waals surface area contributed by atoms with Gasteiger partial charge in [-0.05, 0) is 33.6 Å². The van der Waals surface area contributed by atoms with Crippen molar-refractivity contribution in [3.8, 4) is 0 Å². The average molecular weight is 214 g/mol. The van der Waals surface area contributed by atoms with Gasteiger partial charge in [-0.15, -0.1) is 0 Å². The van der Waals surface area contributed by atoms with E-state index in [1.807, 2.05) is 20.8 Å². The zero-order chi connectivity index (χ0) is 11.7. The minimum absolute atomic E-state index is 0.277. The normalized spacial score (nSPS) is 32.5. The van der Waals surface area contributed by atoms with Gasteiger partial charge in [0, 0.05) is 6.04 Å². The standard InChI is InChI=1S/C11H22N2O2/c1-10(2,3)15-9(14)11(13)7-5-4-6-8(11)12/h8H,4-7,12-13H2,1-3H3/t8-,11-/m0/s1. The Kier molecular flexibility index (Phi) is 3.41. The van der Waals surface area contributed by atoms with Crippen LogP contribution in [0.4, 0.5) is 0 Å². The van der Waals surface area contributed by atoms with Crippen molar-refractivity contribution < 1.29 is 9.53 Å². The van der Waals surface area contributed by atoms with Gasteiger partial charge >= 0.3 is 5.97 Å². The highest BCUT2D eigenvalue weighted by atomic mass is 16.6. The third-order valence-corrected chi connectivity index (χ3v) is 2.80. The van der Waals surface area contributed by atoms with Crippen LogP contribution in [0.15, 0.2) is 0 Å². The number of hydrogen-bond acceptors (Lipinski definition) is 4. The second-order valence-electron chi connectivity index (χ2n) is 5.39. The van der Waals surface area contributed by atoms with Crippen molar-refractivity contribution >= 4 is 5.97 Å². The molecule has 0 aliphatic heterocycles. The zero-order valence-corrected chi connectivity index (χ0v) is 9.88. The Morgan fingerprint density at radius 1 is 1.40 bits per heavy atom. The summed E-state index contributed by atoms with van der Waals surface area (Å²) in [5.41, 5.74) is 10.5. The minimum atomic E-state index is -0.981. The first-order valence-corrected chi connectivity index (χ1v) is 5.53. The molecule has 0 bridgehead atoms. The molecule has 4 heteroatoms. The van der Waals surface area contributed by atoms with E-state index in [2.05, 4.69) is 0 Å². The molecule has 0 heterocycles. The van der Waals surface area contributed by atoms with Crippen LogP contribution in [0.25, 0.3) is 0 Å². The van der Waals surface area contributed by atoms with E-state index in [4.69, 9.17) is 16.2 Å². The number of rotatable bonds is 1. The van der Waals surface area contributed by atoms with E-state index < -0.39 is 11.1 Å². The second kappa shape index (κ2) is 4.10. The Hall–Kier alpha value is -0.610. The van der Waals surface area contributed by atoms with E-state index in [1.54, 1.807) is 0 Å². The molecule has 0 unspecified atom stereocenters. The largest absolute Gasteiger partial charge is 0.459 e. The molecule has 0 amide bonds. The van der Waals surface area contributed by atoms with Gasteiger partial charge in [0.2, 0.25) is 0 Å². The summed E-state index contributed by atoms with van der Waals surface area (Å²) in [6.07, 6.45) is 3.42. The first kappa shape index (κ1) is 12.5. The van der Waals surface area contributed by atoms with Gasteiger partial charge in [0.05, 0.1) is 0 Å². The van der Waals surface area contributed by atoms with Crippen LogP contribution in [0.2, 0.25) is 0 Å². The van der Waals surface area contributed by atoms with E-state index in [0.29, 0.717) is 6.42 Å². The molecule has 1 rings (SSSR count). The summed E-state index contributed by atoms with van der Waals surface area (Å²) in [7, 11) is 0. The van der Waals surface area contributed by atoms with Crippen molar-refractivity contribution in [2.75, 3.05) is 0 Å². The van der Waals surface area contributed by atoms with Crippen LogP contribution in [-0.4, -0.2) is 23.2 Å². The van der Waals surface area contributed by atoms with Gasteiger partial charge in [-0.3, -0.25) is 0 Å². The zero-order valence-electron chi connectivity index (χ0n) is 9.88. The Morgan fingerprint density at radius 3 is 2.47 bits per heavy atom. The van der Waals surface area contributed by atoms with Crippen LogP contribution in [0.1, 0.15) is 46.5 Å². The maximum atomic E-state index is 11.9. The van der Waals surface area contributed by atoms with Gasteiger partial charge in [-0.25, -0.2) is 4.79 Å². The molecule has 0 aromatic rings. The van der Waals surface area contributed by atoms with Crippen LogP contribution in [0.3, 0.4) is 0 Å². The number of carbonyl (C=O) groups is 1. The van der Waals surface area contributed by atoms with Crippen LogP contribution >= 0.6 is 0 Å². The lowest BCUT2D eigenvalue weighted by molar-refractivity contribution is -0.163. The second-order valence-corrected chi connectivity index (χ2v) is 5.39. The van der Waals surface area contributed by atoms with Gasteiger partial charge in [0.25, 0.3) is 0 Å². The number of carbonyl (C=O) groups excluding carboxylic acids is 1. The van der Waals surface area contributed by atoms with E-state index in [1.165, 1.54) is 0 Å². The molecule has 0 aromatic heterocycles. The molecule has 1 saturated carbocycles. The molecular weight excluding hydrogens is 192 g/mol. The van der Waals surface area contributed by atoms with Gasteiger partial charge < -0.3 is 16.2 Å². The van der Waals surface area contributed by atoms with Gasteiger partial charge in [-0.2, -0.15) is 0 Å². The van der Waals surface area contributed by atoms with Crippen molar-refractivity contribution in [1.29, 1.82) is 0 Å². The maximum absolute atomic E-state index is 11.9. The predicted octanol–water partition coefficient (Wildman–Crippen LogP) is 0.927. The summed E-state index contributed by atoms with van der Waals surface area (Å²) in [5.74, 6) is -0.359. The van der Waals surface area contributed by atoms with E-state index in [0.717, 1.165) is 19.3 Å². The molecule has 0 spiro atoms. The molecule has 15 heavy (non-hydrogen) atoms. The third-order valence-electron chi connectivity index (χ3n) is 2.80. The highest BCUT2D eigenvalue weighted by Gasteiger charge is 2.44. The number of esters is 1. The van der Waals surface area contributed by atoms with Crippen molar-refractivity contribution in [3.63, 3.8) is 0 Å². The molecule has 4 nitrogen and oxygen atoms in total. The van der Waals surface area contributed by atoms with Crippen LogP contribution in [-0.2, 0) is 9.53 Å². The summed E-state index contributed by atoms with van der Waals surface area (Å²) in [6.45, 7) is 5.51. The molecule has 1 aliphatic rings. The quantitative estimate of drug-likeness (QED) is 0.636. The summed E-state index contributed by atoms with van der Waals surface area (Å²) >= 11 is 0. The third kappa shape index (κ3) is 2.92. The van der Waals surface area contributed by atoms with Crippen molar-refractivity contribution in [1.82, 2.24) is 0 Å². The van der Waals surface area contributed by atoms with E-state index in [-0.39, 0.29) is 12.0 Å². The molecule has 1 fully saturated rings. The SMILES string of the molecule is CC(C)(C)OC(=O)[C@]1(N)CCCC[C@@H]1N. The number of ether oxygens (including phenoxy) is 1. The topological polar surface area (TPSA) is 78.3 Å². The smallest absolute Gasteiger partial charge is 0.328 e. The van der Waals surface area contributed by atoms with Crippen LogP contribution in [0.5, 0.6) is 0 Å². The summed E-state index contributed by atoms with van der Waals surface area (Å²) in [6, 6.07) is -0.277. The number of nitrogens with two attached hydrogens (primary N) is 2. The lowest BCUT2D eigenvalue weighted by Crippen LogP contribution is -2.63. The van der Waals surface area contributed by atoms with Crippen LogP contribution < -0.4 is 11.5 Å². The van der Waals surface area contributed by atoms with Gasteiger partial charge in [0.1, 0.15) is 11.1 Å². The maximum Gasteiger partial charge on any atom is 0.328 e. The predicted molar refractivity (Wildman–Crippen MR) is 59.2 cm³/mol. The molecule has 0 radical (unpaired) electrons. The highest BCUT2D eigenvalue weighted by molar-refractivity contribution is 5.82. The summed E-state index contributed by atoms with van der Waals surface area (Å²) in [5, 5.41) is 0. The van der Waals surface area contributed by atoms with E-state index in [9.17, 15) is 4.79 Å². The Morgan fingerprint density at radius 2 is 2.00 bits per heavy atom. The Balaban J connectivity index is 2.71. The van der Waals surface area contributed by atoms with Crippen LogP contribution in [0, 0.1) is 0 Å². The summed E-state index contributed by atoms with van der Waals surface area (Å²) < 4.78 is 5.31. The van der Waals surface area contributed by atoms with Crippen molar-refractivity contribution in [2.24, 2.45) is 11.5 Å². The highest BCUT2D eigenvalue weighted by Crippen LogP contribution is 2.27. The fraction of sp³-hybridized carbons (Fsp3) is 0.909. The number of hydrogen-bond donors (Lipinski definition) is 2.